The molecular formula is C16H14BrF2NO. The van der Waals surface area contributed by atoms with Crippen molar-refractivity contribution in [3.05, 3.63) is 69.7 Å². The molecule has 1 unspecified atom stereocenters. The molecule has 0 heterocycles. The van der Waals surface area contributed by atoms with Crippen LogP contribution in [0.4, 0.5) is 8.78 Å². The number of nitrogens with one attached hydrogen (secondary N) is 1. The Bertz CT molecular complexity index is 643. The van der Waals surface area contributed by atoms with Crippen LogP contribution in [-0.4, -0.2) is 11.9 Å². The molecule has 0 bridgehead atoms. The Hall–Kier alpha value is -1.75. The first-order valence-electron chi connectivity index (χ1n) is 6.46. The van der Waals surface area contributed by atoms with Crippen molar-refractivity contribution in [2.45, 2.75) is 19.4 Å². The van der Waals surface area contributed by atoms with Crippen LogP contribution in [0.5, 0.6) is 0 Å². The summed E-state index contributed by atoms with van der Waals surface area (Å²) in [4.78, 5) is 12.1. The van der Waals surface area contributed by atoms with Gasteiger partial charge in [0, 0.05) is 6.04 Å². The van der Waals surface area contributed by atoms with Crippen LogP contribution in [0, 0.1) is 11.6 Å². The third kappa shape index (κ3) is 4.11. The van der Waals surface area contributed by atoms with Crippen LogP contribution in [-0.2, 0) is 6.42 Å². The molecule has 0 fully saturated rings. The number of carbonyl (C=O) groups excluding carboxylic acids is 1. The molecule has 0 aliphatic rings. The standard InChI is InChI=1S/C16H14BrF2NO/c1-10(9-11-5-7-12(18)8-6-11)20-16(21)13-3-2-4-14(19)15(13)17/h2-8,10H,9H2,1H3,(H,20,21). The molecule has 2 rings (SSSR count). The van der Waals surface area contributed by atoms with Crippen LogP contribution >= 0.6 is 15.9 Å². The van der Waals surface area contributed by atoms with Crippen molar-refractivity contribution in [2.24, 2.45) is 0 Å². The summed E-state index contributed by atoms with van der Waals surface area (Å²) in [6.45, 7) is 1.84. The lowest BCUT2D eigenvalue weighted by molar-refractivity contribution is 0.0938. The Balaban J connectivity index is 2.02. The first-order chi connectivity index (χ1) is 9.97. The van der Waals surface area contributed by atoms with E-state index in [9.17, 15) is 13.6 Å². The summed E-state index contributed by atoms with van der Waals surface area (Å²) >= 11 is 3.07. The van der Waals surface area contributed by atoms with Crippen molar-refractivity contribution in [1.82, 2.24) is 5.32 Å². The maximum Gasteiger partial charge on any atom is 0.252 e. The Morgan fingerprint density at radius 3 is 2.52 bits per heavy atom. The van der Waals surface area contributed by atoms with Gasteiger partial charge in [-0.3, -0.25) is 4.79 Å². The molecule has 0 aliphatic heterocycles. The highest BCUT2D eigenvalue weighted by Crippen LogP contribution is 2.20. The molecule has 2 aromatic carbocycles. The van der Waals surface area contributed by atoms with Gasteiger partial charge in [0.2, 0.25) is 0 Å². The number of amides is 1. The van der Waals surface area contributed by atoms with Gasteiger partial charge < -0.3 is 5.32 Å². The van der Waals surface area contributed by atoms with Gasteiger partial charge in [-0.25, -0.2) is 8.78 Å². The SMILES string of the molecule is CC(Cc1ccc(F)cc1)NC(=O)c1cccc(F)c1Br. The predicted octanol–water partition coefficient (Wildman–Crippen LogP) is 4.09. The van der Waals surface area contributed by atoms with Gasteiger partial charge in [-0.1, -0.05) is 18.2 Å². The smallest absolute Gasteiger partial charge is 0.252 e. The molecule has 21 heavy (non-hydrogen) atoms. The van der Waals surface area contributed by atoms with E-state index in [1.165, 1.54) is 24.3 Å². The molecule has 0 aliphatic carbocycles. The predicted molar refractivity (Wildman–Crippen MR) is 81.1 cm³/mol. The number of hydrogen-bond acceptors (Lipinski definition) is 1. The van der Waals surface area contributed by atoms with Crippen LogP contribution in [0.15, 0.2) is 46.9 Å². The molecule has 0 aromatic heterocycles. The number of carbonyl (C=O) groups is 1. The topological polar surface area (TPSA) is 29.1 Å². The normalized spacial score (nSPS) is 12.0. The van der Waals surface area contributed by atoms with Gasteiger partial charge in [0.15, 0.2) is 0 Å². The number of benzene rings is 2. The minimum atomic E-state index is -0.478. The second-order valence-corrected chi connectivity index (χ2v) is 5.60. The third-order valence-electron chi connectivity index (χ3n) is 3.03. The van der Waals surface area contributed by atoms with Crippen molar-refractivity contribution in [1.29, 1.82) is 0 Å². The summed E-state index contributed by atoms with van der Waals surface area (Å²) in [6, 6.07) is 10.3. The minimum Gasteiger partial charge on any atom is -0.349 e. The zero-order chi connectivity index (χ0) is 15.4. The van der Waals surface area contributed by atoms with Crippen molar-refractivity contribution < 1.29 is 13.6 Å². The molecule has 110 valence electrons. The Morgan fingerprint density at radius 1 is 1.19 bits per heavy atom. The van der Waals surface area contributed by atoms with Gasteiger partial charge >= 0.3 is 0 Å². The van der Waals surface area contributed by atoms with Gasteiger partial charge in [-0.2, -0.15) is 0 Å². The number of rotatable bonds is 4. The average Bonchev–Trinajstić information content (AvgIpc) is 2.44. The van der Waals surface area contributed by atoms with Crippen LogP contribution in [0.1, 0.15) is 22.8 Å². The highest BCUT2D eigenvalue weighted by atomic mass is 79.9. The van der Waals surface area contributed by atoms with E-state index in [4.69, 9.17) is 0 Å². The zero-order valence-electron chi connectivity index (χ0n) is 11.4. The van der Waals surface area contributed by atoms with Crippen molar-refractivity contribution in [3.8, 4) is 0 Å². The fraction of sp³-hybridized carbons (Fsp3) is 0.188. The molecular weight excluding hydrogens is 340 g/mol. The zero-order valence-corrected chi connectivity index (χ0v) is 13.0. The molecule has 1 atom stereocenters. The van der Waals surface area contributed by atoms with Gasteiger partial charge in [0.1, 0.15) is 11.6 Å². The summed E-state index contributed by atoms with van der Waals surface area (Å²) in [5, 5.41) is 2.80. The highest BCUT2D eigenvalue weighted by molar-refractivity contribution is 9.10. The van der Waals surface area contributed by atoms with Gasteiger partial charge in [0.05, 0.1) is 10.0 Å². The first kappa shape index (κ1) is 15.6. The van der Waals surface area contributed by atoms with Crippen molar-refractivity contribution in [2.75, 3.05) is 0 Å². The maximum atomic E-state index is 13.4. The summed E-state index contributed by atoms with van der Waals surface area (Å²) < 4.78 is 26.4. The fourth-order valence-electron chi connectivity index (χ4n) is 2.01. The third-order valence-corrected chi connectivity index (χ3v) is 3.83. The van der Waals surface area contributed by atoms with E-state index < -0.39 is 5.82 Å². The van der Waals surface area contributed by atoms with Crippen LogP contribution in [0.25, 0.3) is 0 Å². The Kier molecular flexibility index (Phi) is 5.07. The second kappa shape index (κ2) is 6.80. The molecule has 1 amide bonds. The summed E-state index contributed by atoms with van der Waals surface area (Å²) in [5.41, 5.74) is 1.17. The lowest BCUT2D eigenvalue weighted by atomic mass is 10.1. The van der Waals surface area contributed by atoms with Crippen molar-refractivity contribution >= 4 is 21.8 Å². The van der Waals surface area contributed by atoms with Crippen LogP contribution in [0.2, 0.25) is 0 Å². The molecule has 0 saturated carbocycles. The second-order valence-electron chi connectivity index (χ2n) is 4.81. The van der Waals surface area contributed by atoms with Gasteiger partial charge in [-0.05, 0) is 59.1 Å². The molecule has 2 nitrogen and oxygen atoms in total. The van der Waals surface area contributed by atoms with Gasteiger partial charge in [-0.15, -0.1) is 0 Å². The van der Waals surface area contributed by atoms with Crippen LogP contribution in [0.3, 0.4) is 0 Å². The number of halogens is 3. The van der Waals surface area contributed by atoms with E-state index in [1.807, 2.05) is 6.92 Å². The lowest BCUT2D eigenvalue weighted by Crippen LogP contribution is -2.34. The monoisotopic (exact) mass is 353 g/mol. The Labute approximate surface area is 130 Å². The van der Waals surface area contributed by atoms with Gasteiger partial charge in [0.25, 0.3) is 5.91 Å². The summed E-state index contributed by atoms with van der Waals surface area (Å²) in [6.07, 6.45) is 0.568. The first-order valence-corrected chi connectivity index (χ1v) is 7.26. The maximum absolute atomic E-state index is 13.4. The summed E-state index contributed by atoms with van der Waals surface area (Å²) in [5.74, 6) is -1.12. The molecule has 0 saturated heterocycles. The van der Waals surface area contributed by atoms with E-state index in [0.717, 1.165) is 5.56 Å². The molecule has 0 radical (unpaired) electrons. The van der Waals surface area contributed by atoms with Crippen molar-refractivity contribution in [3.63, 3.8) is 0 Å². The minimum absolute atomic E-state index is 0.150. The molecule has 5 heteroatoms. The molecule has 1 N–H and O–H groups in total. The Morgan fingerprint density at radius 2 is 1.86 bits per heavy atom. The van der Waals surface area contributed by atoms with E-state index in [1.54, 1.807) is 18.2 Å². The lowest BCUT2D eigenvalue weighted by Gasteiger charge is -2.15. The molecule has 0 spiro atoms. The quantitative estimate of drug-likeness (QED) is 0.881. The van der Waals surface area contributed by atoms with E-state index >= 15 is 0 Å². The molecule has 2 aromatic rings. The highest BCUT2D eigenvalue weighted by Gasteiger charge is 2.15. The van der Waals surface area contributed by atoms with E-state index in [2.05, 4.69) is 21.2 Å². The van der Waals surface area contributed by atoms with E-state index in [-0.39, 0.29) is 27.8 Å². The van der Waals surface area contributed by atoms with Crippen LogP contribution < -0.4 is 5.32 Å². The largest absolute Gasteiger partial charge is 0.349 e. The average molecular weight is 354 g/mol. The fourth-order valence-corrected chi connectivity index (χ4v) is 2.45. The number of hydrogen-bond donors (Lipinski definition) is 1. The van der Waals surface area contributed by atoms with E-state index in [0.29, 0.717) is 6.42 Å². The summed E-state index contributed by atoms with van der Waals surface area (Å²) in [7, 11) is 0.